The second-order valence-corrected chi connectivity index (χ2v) is 6.14. The number of aromatic nitrogens is 2. The molecule has 1 unspecified atom stereocenters. The van der Waals surface area contributed by atoms with Gasteiger partial charge < -0.3 is 20.3 Å². The summed E-state index contributed by atoms with van der Waals surface area (Å²) in [5.41, 5.74) is 1.06. The monoisotopic (exact) mass is 330 g/mol. The number of rotatable bonds is 5. The van der Waals surface area contributed by atoms with E-state index in [4.69, 9.17) is 4.52 Å². The number of nitrogens with one attached hydrogen (secondary N) is 2. The number of fused-ring (bicyclic) bond motifs is 1. The molecule has 0 radical (unpaired) electrons. The second-order valence-electron chi connectivity index (χ2n) is 6.14. The molecule has 128 valence electrons. The first-order valence-electron chi connectivity index (χ1n) is 8.18. The van der Waals surface area contributed by atoms with E-state index in [1.54, 1.807) is 6.92 Å². The third-order valence-electron chi connectivity index (χ3n) is 4.29. The molecule has 24 heavy (non-hydrogen) atoms. The zero-order valence-electron chi connectivity index (χ0n) is 13.7. The molecule has 1 heterocycles. The van der Waals surface area contributed by atoms with Gasteiger partial charge in [0.1, 0.15) is 5.60 Å². The van der Waals surface area contributed by atoms with Gasteiger partial charge in [0.05, 0.1) is 6.54 Å². The third-order valence-corrected chi connectivity index (χ3v) is 4.29. The summed E-state index contributed by atoms with van der Waals surface area (Å²) in [7, 11) is 0. The van der Waals surface area contributed by atoms with E-state index in [0.29, 0.717) is 31.1 Å². The van der Waals surface area contributed by atoms with Crippen LogP contribution < -0.4 is 10.6 Å². The summed E-state index contributed by atoms with van der Waals surface area (Å²) in [5.74, 6) is 1.07. The lowest BCUT2D eigenvalue weighted by molar-refractivity contribution is 0.0217. The number of aliphatic hydroxyl groups is 1. The highest BCUT2D eigenvalue weighted by molar-refractivity contribution is 5.73. The van der Waals surface area contributed by atoms with Crippen LogP contribution in [0.3, 0.4) is 0 Å². The van der Waals surface area contributed by atoms with Crippen molar-refractivity contribution in [3.8, 4) is 0 Å². The largest absolute Gasteiger partial charge is 0.383 e. The van der Waals surface area contributed by atoms with E-state index < -0.39 is 5.60 Å². The number of hydrogen-bond acceptors (Lipinski definition) is 5. The Morgan fingerprint density at radius 2 is 2.21 bits per heavy atom. The highest BCUT2D eigenvalue weighted by Gasteiger charge is 2.34. The molecule has 0 spiro atoms. The van der Waals surface area contributed by atoms with E-state index >= 15 is 0 Å². The van der Waals surface area contributed by atoms with Gasteiger partial charge in [0, 0.05) is 13.0 Å². The van der Waals surface area contributed by atoms with Crippen molar-refractivity contribution in [3.63, 3.8) is 0 Å². The van der Waals surface area contributed by atoms with Crippen LogP contribution in [0, 0.1) is 6.92 Å². The van der Waals surface area contributed by atoms with E-state index in [0.717, 1.165) is 24.0 Å². The summed E-state index contributed by atoms with van der Waals surface area (Å²) in [6.45, 7) is 2.33. The molecule has 0 saturated carbocycles. The first kappa shape index (κ1) is 16.4. The van der Waals surface area contributed by atoms with E-state index in [1.807, 2.05) is 24.3 Å². The summed E-state index contributed by atoms with van der Waals surface area (Å²) in [6, 6.07) is 7.55. The lowest BCUT2D eigenvalue weighted by Crippen LogP contribution is -2.46. The van der Waals surface area contributed by atoms with Gasteiger partial charge in [0.2, 0.25) is 5.89 Å². The molecule has 0 aliphatic heterocycles. The van der Waals surface area contributed by atoms with Gasteiger partial charge in [-0.3, -0.25) is 0 Å². The van der Waals surface area contributed by atoms with Crippen molar-refractivity contribution in [1.29, 1.82) is 0 Å². The van der Waals surface area contributed by atoms with Crippen molar-refractivity contribution in [3.05, 3.63) is 47.1 Å². The van der Waals surface area contributed by atoms with E-state index in [2.05, 4.69) is 20.8 Å². The number of benzene rings is 1. The number of urea groups is 1. The van der Waals surface area contributed by atoms with E-state index in [-0.39, 0.29) is 12.6 Å². The molecule has 7 heteroatoms. The summed E-state index contributed by atoms with van der Waals surface area (Å²) < 4.78 is 4.98. The maximum atomic E-state index is 11.9. The fraction of sp³-hybridized carbons (Fsp3) is 0.471. The number of nitrogens with zero attached hydrogens (tertiary/aromatic N) is 2. The summed E-state index contributed by atoms with van der Waals surface area (Å²) in [6.07, 6.45) is 2.99. The van der Waals surface area contributed by atoms with E-state index in [1.165, 1.54) is 0 Å². The molecule has 0 fully saturated rings. The van der Waals surface area contributed by atoms with Gasteiger partial charge >= 0.3 is 6.03 Å². The molecule has 1 aromatic carbocycles. The van der Waals surface area contributed by atoms with Crippen molar-refractivity contribution < 1.29 is 14.4 Å². The average molecular weight is 330 g/mol. The molecule has 3 N–H and O–H groups in total. The number of amides is 2. The smallest absolute Gasteiger partial charge is 0.314 e. The Bertz CT molecular complexity index is 715. The predicted octanol–water partition coefficient (Wildman–Crippen LogP) is 1.44. The minimum atomic E-state index is -1.00. The number of carbonyl (C=O) groups excluding carboxylic acids is 1. The Hall–Kier alpha value is -2.41. The van der Waals surface area contributed by atoms with Gasteiger partial charge in [0.15, 0.2) is 5.82 Å². The Kier molecular flexibility index (Phi) is 4.80. The molecule has 1 aliphatic rings. The van der Waals surface area contributed by atoms with Crippen LogP contribution in [0.15, 0.2) is 28.8 Å². The molecule has 2 aromatic rings. The number of aryl methyl sites for hydroxylation is 2. The van der Waals surface area contributed by atoms with Crippen LogP contribution in [-0.2, 0) is 18.4 Å². The van der Waals surface area contributed by atoms with Crippen LogP contribution in [-0.4, -0.2) is 34.4 Å². The first-order chi connectivity index (χ1) is 11.6. The topological polar surface area (TPSA) is 100 Å². The fourth-order valence-electron chi connectivity index (χ4n) is 3.10. The van der Waals surface area contributed by atoms with Crippen LogP contribution in [0.2, 0.25) is 0 Å². The average Bonchev–Trinajstić information content (AvgIpc) is 2.99. The molecular formula is C17H22N4O3. The van der Waals surface area contributed by atoms with Crippen LogP contribution in [0.4, 0.5) is 4.79 Å². The van der Waals surface area contributed by atoms with Crippen LogP contribution in [0.1, 0.15) is 35.7 Å². The SMILES string of the molecule is Cc1noc(CCNC(=O)NCC2(O)CCCc3ccccc32)n1. The molecule has 2 amide bonds. The molecule has 1 aliphatic carbocycles. The fourth-order valence-corrected chi connectivity index (χ4v) is 3.10. The summed E-state index contributed by atoms with van der Waals surface area (Å²) in [4.78, 5) is 16.0. The lowest BCUT2D eigenvalue weighted by atomic mass is 9.79. The maximum absolute atomic E-state index is 11.9. The molecule has 0 saturated heterocycles. The number of carbonyl (C=O) groups is 1. The molecule has 7 nitrogen and oxygen atoms in total. The van der Waals surface area contributed by atoms with Gasteiger partial charge in [-0.15, -0.1) is 0 Å². The lowest BCUT2D eigenvalue weighted by Gasteiger charge is -2.34. The van der Waals surface area contributed by atoms with Gasteiger partial charge in [-0.2, -0.15) is 4.98 Å². The minimum absolute atomic E-state index is 0.190. The molecule has 1 atom stereocenters. The van der Waals surface area contributed by atoms with Gasteiger partial charge in [-0.05, 0) is 37.3 Å². The predicted molar refractivity (Wildman–Crippen MR) is 87.4 cm³/mol. The highest BCUT2D eigenvalue weighted by Crippen LogP contribution is 2.34. The van der Waals surface area contributed by atoms with Crippen molar-refractivity contribution in [2.24, 2.45) is 0 Å². The van der Waals surface area contributed by atoms with E-state index in [9.17, 15) is 9.90 Å². The van der Waals surface area contributed by atoms with Gasteiger partial charge in [-0.25, -0.2) is 4.79 Å². The molecule has 0 bridgehead atoms. The molecule has 3 rings (SSSR count). The van der Waals surface area contributed by atoms with Crippen LogP contribution in [0.25, 0.3) is 0 Å². The van der Waals surface area contributed by atoms with Crippen molar-refractivity contribution in [1.82, 2.24) is 20.8 Å². The van der Waals surface area contributed by atoms with Crippen molar-refractivity contribution in [2.75, 3.05) is 13.1 Å². The molecule has 1 aromatic heterocycles. The second kappa shape index (κ2) is 7.00. The van der Waals surface area contributed by atoms with Crippen LogP contribution in [0.5, 0.6) is 0 Å². The van der Waals surface area contributed by atoms with Crippen molar-refractivity contribution >= 4 is 6.03 Å². The maximum Gasteiger partial charge on any atom is 0.314 e. The third kappa shape index (κ3) is 3.73. The molecular weight excluding hydrogens is 308 g/mol. The summed E-state index contributed by atoms with van der Waals surface area (Å²) >= 11 is 0. The number of hydrogen-bond donors (Lipinski definition) is 3. The quantitative estimate of drug-likeness (QED) is 0.770. The standard InChI is InChI=1S/C17H22N4O3/c1-12-20-15(24-21-12)8-10-18-16(22)19-11-17(23)9-4-6-13-5-2-3-7-14(13)17/h2-3,5,7,23H,4,6,8-11H2,1H3,(H2,18,19,22). The first-order valence-corrected chi connectivity index (χ1v) is 8.18. The Morgan fingerprint density at radius 3 is 3.00 bits per heavy atom. The highest BCUT2D eigenvalue weighted by atomic mass is 16.5. The van der Waals surface area contributed by atoms with Gasteiger partial charge in [0.25, 0.3) is 0 Å². The zero-order valence-corrected chi connectivity index (χ0v) is 13.7. The van der Waals surface area contributed by atoms with Crippen LogP contribution >= 0.6 is 0 Å². The Morgan fingerprint density at radius 1 is 1.38 bits per heavy atom. The normalized spacial score (nSPS) is 19.6. The minimum Gasteiger partial charge on any atom is -0.383 e. The zero-order chi connectivity index (χ0) is 17.0. The van der Waals surface area contributed by atoms with Gasteiger partial charge in [-0.1, -0.05) is 29.4 Å². The Labute approximate surface area is 140 Å². The summed E-state index contributed by atoms with van der Waals surface area (Å²) in [5, 5.41) is 20.1. The van der Waals surface area contributed by atoms with Crippen molar-refractivity contribution in [2.45, 2.75) is 38.2 Å². The Balaban J connectivity index is 1.49.